The Morgan fingerprint density at radius 1 is 1.11 bits per heavy atom. The van der Waals surface area contributed by atoms with Gasteiger partial charge in [0.1, 0.15) is 0 Å². The van der Waals surface area contributed by atoms with Gasteiger partial charge in [-0.2, -0.15) is 0 Å². The molecule has 0 bridgehead atoms. The summed E-state index contributed by atoms with van der Waals surface area (Å²) in [6.07, 6.45) is 0. The van der Waals surface area contributed by atoms with E-state index in [0.29, 0.717) is 40.5 Å². The first-order chi connectivity index (χ1) is 12.4. The van der Waals surface area contributed by atoms with E-state index in [9.17, 15) is 19.5 Å². The van der Waals surface area contributed by atoms with E-state index in [1.165, 1.54) is 17.0 Å². The van der Waals surface area contributed by atoms with Crippen LogP contribution in [0.25, 0.3) is 21.8 Å². The fourth-order valence-corrected chi connectivity index (χ4v) is 3.40. The monoisotopic (exact) mass is 387 g/mol. The van der Waals surface area contributed by atoms with E-state index in [2.05, 4.69) is 4.98 Å². The van der Waals surface area contributed by atoms with Crippen LogP contribution in [0, 0.1) is 0 Å². The standard InChI is InChI=1S/C19H17N3O4.ClH/c1-21(2)7-8-22-17(23)11-4-6-14-15(16(11)18(22)24)12-9-10(19(25)26)3-5-13(12)20-14;/h3-6,9,20H,7-8H2,1-2H3,(H,25,26);1H. The SMILES string of the molecule is CN(C)CCN1C(=O)c2ccc3[nH]c4ccc(C(=O)O)cc4c3c2C1=O.Cl. The first-order valence-corrected chi connectivity index (χ1v) is 8.21. The van der Waals surface area contributed by atoms with Crippen LogP contribution in [0.1, 0.15) is 31.1 Å². The van der Waals surface area contributed by atoms with Gasteiger partial charge in [-0.25, -0.2) is 4.79 Å². The molecule has 1 aliphatic rings. The van der Waals surface area contributed by atoms with Gasteiger partial charge in [0.2, 0.25) is 0 Å². The molecule has 0 fully saturated rings. The molecule has 0 aliphatic carbocycles. The number of aromatic amines is 1. The summed E-state index contributed by atoms with van der Waals surface area (Å²) in [5.74, 6) is -1.68. The van der Waals surface area contributed by atoms with Gasteiger partial charge < -0.3 is 15.0 Å². The minimum atomic E-state index is -1.04. The molecule has 1 aliphatic heterocycles. The number of halogens is 1. The van der Waals surface area contributed by atoms with E-state index in [0.717, 1.165) is 5.52 Å². The van der Waals surface area contributed by atoms with Gasteiger partial charge in [-0.3, -0.25) is 14.5 Å². The maximum Gasteiger partial charge on any atom is 0.335 e. The Morgan fingerprint density at radius 3 is 2.48 bits per heavy atom. The van der Waals surface area contributed by atoms with E-state index < -0.39 is 5.97 Å². The number of imide groups is 1. The molecule has 27 heavy (non-hydrogen) atoms. The zero-order valence-corrected chi connectivity index (χ0v) is 15.6. The molecule has 0 saturated heterocycles. The van der Waals surface area contributed by atoms with Gasteiger partial charge in [0.05, 0.1) is 16.7 Å². The number of carbonyl (C=O) groups excluding carboxylic acids is 2. The number of hydrogen-bond acceptors (Lipinski definition) is 4. The van der Waals surface area contributed by atoms with Crippen molar-refractivity contribution < 1.29 is 19.5 Å². The van der Waals surface area contributed by atoms with Crippen LogP contribution in [0.2, 0.25) is 0 Å². The van der Waals surface area contributed by atoms with Gasteiger partial charge in [0.25, 0.3) is 11.8 Å². The molecule has 140 valence electrons. The maximum atomic E-state index is 13.0. The van der Waals surface area contributed by atoms with Crippen molar-refractivity contribution in [1.82, 2.24) is 14.8 Å². The average molecular weight is 388 g/mol. The molecule has 7 nitrogen and oxygen atoms in total. The number of likely N-dealkylation sites (N-methyl/N-ethyl adjacent to an activating group) is 1. The highest BCUT2D eigenvalue weighted by Crippen LogP contribution is 2.35. The lowest BCUT2D eigenvalue weighted by Crippen LogP contribution is -2.35. The number of hydrogen-bond donors (Lipinski definition) is 2. The maximum absolute atomic E-state index is 13.0. The van der Waals surface area contributed by atoms with Crippen molar-refractivity contribution >= 4 is 52.0 Å². The second kappa shape index (κ2) is 6.68. The van der Waals surface area contributed by atoms with Crippen molar-refractivity contribution in [1.29, 1.82) is 0 Å². The zero-order chi connectivity index (χ0) is 18.6. The van der Waals surface area contributed by atoms with Gasteiger partial charge >= 0.3 is 5.97 Å². The molecular weight excluding hydrogens is 370 g/mol. The van der Waals surface area contributed by atoms with Crippen LogP contribution in [0.5, 0.6) is 0 Å². The fourth-order valence-electron chi connectivity index (χ4n) is 3.40. The number of H-pyrrole nitrogens is 1. The highest BCUT2D eigenvalue weighted by molar-refractivity contribution is 6.30. The predicted molar refractivity (Wildman–Crippen MR) is 104 cm³/mol. The lowest BCUT2D eigenvalue weighted by atomic mass is 10.0. The molecule has 0 radical (unpaired) electrons. The third-order valence-electron chi connectivity index (χ3n) is 4.72. The lowest BCUT2D eigenvalue weighted by Gasteiger charge is -2.16. The number of nitrogens with zero attached hydrogens (tertiary/aromatic N) is 2. The molecule has 4 rings (SSSR count). The summed E-state index contributed by atoms with van der Waals surface area (Å²) in [6.45, 7) is 0.884. The number of carbonyl (C=O) groups is 3. The number of carboxylic acids is 1. The smallest absolute Gasteiger partial charge is 0.335 e. The van der Waals surface area contributed by atoms with Gasteiger partial charge in [-0.05, 0) is 44.4 Å². The van der Waals surface area contributed by atoms with Crippen LogP contribution in [-0.4, -0.2) is 64.9 Å². The fraction of sp³-hybridized carbons (Fsp3) is 0.211. The minimum absolute atomic E-state index is 0. The van der Waals surface area contributed by atoms with E-state index in [-0.39, 0.29) is 29.8 Å². The predicted octanol–water partition coefficient (Wildman–Crippen LogP) is 2.60. The molecule has 3 aromatic rings. The second-order valence-corrected chi connectivity index (χ2v) is 6.67. The van der Waals surface area contributed by atoms with Crippen molar-refractivity contribution in [3.8, 4) is 0 Å². The van der Waals surface area contributed by atoms with Crippen LogP contribution < -0.4 is 0 Å². The summed E-state index contributed by atoms with van der Waals surface area (Å²) in [7, 11) is 3.76. The number of amides is 2. The van der Waals surface area contributed by atoms with Crippen molar-refractivity contribution in [3.05, 3.63) is 47.0 Å². The molecule has 2 N–H and O–H groups in total. The molecule has 2 aromatic carbocycles. The van der Waals surface area contributed by atoms with Crippen LogP contribution in [-0.2, 0) is 0 Å². The number of rotatable bonds is 4. The molecule has 2 heterocycles. The van der Waals surface area contributed by atoms with Crippen molar-refractivity contribution in [2.75, 3.05) is 27.2 Å². The first-order valence-electron chi connectivity index (χ1n) is 8.21. The summed E-state index contributed by atoms with van der Waals surface area (Å²) in [4.78, 5) is 43.3. The van der Waals surface area contributed by atoms with Gasteiger partial charge in [0, 0.05) is 34.9 Å². The Balaban J connectivity index is 0.00000210. The van der Waals surface area contributed by atoms with Crippen molar-refractivity contribution in [2.45, 2.75) is 0 Å². The van der Waals surface area contributed by atoms with Crippen LogP contribution in [0.15, 0.2) is 30.3 Å². The summed E-state index contributed by atoms with van der Waals surface area (Å²) in [5.41, 5.74) is 2.28. The Kier molecular flexibility index (Phi) is 4.67. The zero-order valence-electron chi connectivity index (χ0n) is 14.8. The number of aromatic carboxylic acids is 1. The highest BCUT2D eigenvalue weighted by Gasteiger charge is 2.37. The summed E-state index contributed by atoms with van der Waals surface area (Å²) in [6, 6.07) is 8.14. The highest BCUT2D eigenvalue weighted by atomic mass is 35.5. The van der Waals surface area contributed by atoms with Crippen LogP contribution in [0.4, 0.5) is 0 Å². The largest absolute Gasteiger partial charge is 0.478 e. The molecular formula is C19H18ClN3O4. The number of aromatic nitrogens is 1. The normalized spacial score (nSPS) is 13.5. The number of nitrogens with one attached hydrogen (secondary N) is 1. The van der Waals surface area contributed by atoms with E-state index >= 15 is 0 Å². The van der Waals surface area contributed by atoms with E-state index in [1.54, 1.807) is 18.2 Å². The number of benzene rings is 2. The molecule has 0 spiro atoms. The number of carboxylic acid groups (broad SMARTS) is 1. The molecule has 0 saturated carbocycles. The lowest BCUT2D eigenvalue weighted by molar-refractivity contribution is 0.0642. The third kappa shape index (κ3) is 2.85. The molecule has 0 atom stereocenters. The summed E-state index contributed by atoms with van der Waals surface area (Å²) >= 11 is 0. The molecule has 0 unspecified atom stereocenters. The Labute approximate surface area is 161 Å². The van der Waals surface area contributed by atoms with E-state index in [1.807, 2.05) is 19.0 Å². The number of fused-ring (bicyclic) bond motifs is 5. The van der Waals surface area contributed by atoms with E-state index in [4.69, 9.17) is 0 Å². The quantitative estimate of drug-likeness (QED) is 0.671. The van der Waals surface area contributed by atoms with Crippen LogP contribution in [0.3, 0.4) is 0 Å². The van der Waals surface area contributed by atoms with Gasteiger partial charge in [-0.1, -0.05) is 0 Å². The minimum Gasteiger partial charge on any atom is -0.478 e. The van der Waals surface area contributed by atoms with Crippen molar-refractivity contribution in [2.24, 2.45) is 0 Å². The summed E-state index contributed by atoms with van der Waals surface area (Å²) < 4.78 is 0. The average Bonchev–Trinajstić information content (AvgIpc) is 3.08. The second-order valence-electron chi connectivity index (χ2n) is 6.67. The third-order valence-corrected chi connectivity index (χ3v) is 4.72. The van der Waals surface area contributed by atoms with Gasteiger partial charge in [-0.15, -0.1) is 12.4 Å². The summed E-state index contributed by atoms with van der Waals surface area (Å²) in [5, 5.41) is 10.5. The Morgan fingerprint density at radius 2 is 1.81 bits per heavy atom. The molecule has 2 amide bonds. The first kappa shape index (κ1) is 18.9. The molecule has 1 aromatic heterocycles. The topological polar surface area (TPSA) is 93.7 Å². The Hall–Kier alpha value is -2.90. The molecule has 8 heteroatoms. The Bertz CT molecular complexity index is 1100. The van der Waals surface area contributed by atoms with Crippen LogP contribution >= 0.6 is 12.4 Å². The van der Waals surface area contributed by atoms with Crippen molar-refractivity contribution in [3.63, 3.8) is 0 Å². The van der Waals surface area contributed by atoms with Gasteiger partial charge in [0.15, 0.2) is 0 Å².